The molecule has 0 aliphatic heterocycles. The molecule has 1 amide bonds. The molecule has 0 saturated heterocycles. The molecule has 1 aromatic heterocycles. The van der Waals surface area contributed by atoms with Crippen molar-refractivity contribution in [2.45, 2.75) is 6.92 Å². The molecule has 0 aliphatic rings. The predicted molar refractivity (Wildman–Crippen MR) is 88.8 cm³/mol. The van der Waals surface area contributed by atoms with Crippen LogP contribution in [0.15, 0.2) is 63.6 Å². The highest BCUT2D eigenvalue weighted by atomic mass is 79.9. The molecule has 0 fully saturated rings. The van der Waals surface area contributed by atoms with Crippen LogP contribution in [0.2, 0.25) is 0 Å². The van der Waals surface area contributed by atoms with E-state index in [1.165, 1.54) is 0 Å². The molecule has 0 unspecified atom stereocenters. The minimum atomic E-state index is -0.236. The molecule has 2 aromatic carbocycles. The minimum absolute atomic E-state index is 0.236. The third kappa shape index (κ3) is 2.94. The van der Waals surface area contributed by atoms with E-state index in [-0.39, 0.29) is 5.91 Å². The number of carbonyl (C=O) groups is 1. The van der Waals surface area contributed by atoms with Crippen molar-refractivity contribution in [3.05, 3.63) is 70.3 Å². The van der Waals surface area contributed by atoms with E-state index in [9.17, 15) is 4.79 Å². The quantitative estimate of drug-likeness (QED) is 0.741. The van der Waals surface area contributed by atoms with Crippen molar-refractivity contribution >= 4 is 27.5 Å². The number of hydrogen-bond donors (Lipinski definition) is 1. The van der Waals surface area contributed by atoms with Crippen molar-refractivity contribution < 1.29 is 9.32 Å². The van der Waals surface area contributed by atoms with Crippen LogP contribution in [-0.2, 0) is 0 Å². The Morgan fingerprint density at radius 1 is 1.09 bits per heavy atom. The van der Waals surface area contributed by atoms with Gasteiger partial charge in [0.05, 0.1) is 5.69 Å². The molecule has 0 atom stereocenters. The second-order valence-electron chi connectivity index (χ2n) is 4.80. The molecule has 1 N–H and O–H groups in total. The molecular weight excluding hydrogens is 344 g/mol. The average Bonchev–Trinajstić information content (AvgIpc) is 2.92. The first-order chi connectivity index (χ1) is 10.6. The summed E-state index contributed by atoms with van der Waals surface area (Å²) in [6.45, 7) is 1.76. The van der Waals surface area contributed by atoms with Gasteiger partial charge in [0.15, 0.2) is 5.76 Å². The SMILES string of the molecule is Cc1noc(-c2ccccc2)c1C(=O)Nc1ccc(Br)cc1. The molecule has 0 aliphatic carbocycles. The first-order valence-electron chi connectivity index (χ1n) is 6.74. The van der Waals surface area contributed by atoms with E-state index >= 15 is 0 Å². The summed E-state index contributed by atoms with van der Waals surface area (Å²) in [5.41, 5.74) is 2.56. The van der Waals surface area contributed by atoms with Crippen molar-refractivity contribution in [3.63, 3.8) is 0 Å². The number of hydrogen-bond acceptors (Lipinski definition) is 3. The zero-order valence-corrected chi connectivity index (χ0v) is 13.4. The van der Waals surface area contributed by atoms with Gasteiger partial charge in [-0.1, -0.05) is 51.4 Å². The minimum Gasteiger partial charge on any atom is -0.355 e. The molecule has 0 spiro atoms. The lowest BCUT2D eigenvalue weighted by molar-refractivity contribution is 0.102. The van der Waals surface area contributed by atoms with Crippen molar-refractivity contribution in [2.24, 2.45) is 0 Å². The molecule has 0 saturated carbocycles. The second kappa shape index (κ2) is 6.15. The Balaban J connectivity index is 1.93. The normalized spacial score (nSPS) is 10.5. The van der Waals surface area contributed by atoms with Crippen molar-refractivity contribution in [3.8, 4) is 11.3 Å². The fourth-order valence-electron chi connectivity index (χ4n) is 2.15. The van der Waals surface area contributed by atoms with E-state index in [0.29, 0.717) is 22.7 Å². The van der Waals surface area contributed by atoms with Crippen LogP contribution >= 0.6 is 15.9 Å². The van der Waals surface area contributed by atoms with Gasteiger partial charge in [0.25, 0.3) is 5.91 Å². The second-order valence-corrected chi connectivity index (χ2v) is 5.71. The lowest BCUT2D eigenvalue weighted by Crippen LogP contribution is -2.13. The van der Waals surface area contributed by atoms with Gasteiger partial charge in [-0.05, 0) is 31.2 Å². The fourth-order valence-corrected chi connectivity index (χ4v) is 2.41. The van der Waals surface area contributed by atoms with Crippen LogP contribution in [0.1, 0.15) is 16.1 Å². The molecule has 4 nitrogen and oxygen atoms in total. The summed E-state index contributed by atoms with van der Waals surface area (Å²) in [7, 11) is 0. The van der Waals surface area contributed by atoms with Crippen LogP contribution in [0, 0.1) is 6.92 Å². The Hall–Kier alpha value is -2.40. The Bertz CT molecular complexity index is 795. The van der Waals surface area contributed by atoms with E-state index in [0.717, 1.165) is 10.0 Å². The summed E-state index contributed by atoms with van der Waals surface area (Å²) in [5.74, 6) is 0.243. The molecule has 5 heteroatoms. The molecule has 3 rings (SSSR count). The maximum absolute atomic E-state index is 12.6. The molecule has 0 radical (unpaired) electrons. The average molecular weight is 357 g/mol. The van der Waals surface area contributed by atoms with Gasteiger partial charge in [-0.3, -0.25) is 4.79 Å². The molecule has 110 valence electrons. The Labute approximate surface area is 136 Å². The summed E-state index contributed by atoms with van der Waals surface area (Å²) in [6, 6.07) is 16.9. The summed E-state index contributed by atoms with van der Waals surface area (Å²) in [6.07, 6.45) is 0. The van der Waals surface area contributed by atoms with E-state index in [4.69, 9.17) is 4.52 Å². The maximum Gasteiger partial charge on any atom is 0.261 e. The van der Waals surface area contributed by atoms with E-state index in [2.05, 4.69) is 26.4 Å². The largest absolute Gasteiger partial charge is 0.355 e. The third-order valence-corrected chi connectivity index (χ3v) is 3.76. The third-order valence-electron chi connectivity index (χ3n) is 3.23. The van der Waals surface area contributed by atoms with Crippen LogP contribution in [0.5, 0.6) is 0 Å². The first kappa shape index (κ1) is 14.5. The monoisotopic (exact) mass is 356 g/mol. The summed E-state index contributed by atoms with van der Waals surface area (Å²) in [5, 5.41) is 6.79. The van der Waals surface area contributed by atoms with Gasteiger partial charge >= 0.3 is 0 Å². The van der Waals surface area contributed by atoms with Crippen LogP contribution < -0.4 is 5.32 Å². The summed E-state index contributed by atoms with van der Waals surface area (Å²) >= 11 is 3.37. The summed E-state index contributed by atoms with van der Waals surface area (Å²) < 4.78 is 6.30. The number of anilines is 1. The van der Waals surface area contributed by atoms with Gasteiger partial charge < -0.3 is 9.84 Å². The van der Waals surface area contributed by atoms with Gasteiger partial charge in [0.1, 0.15) is 5.56 Å². The number of rotatable bonds is 3. The highest BCUT2D eigenvalue weighted by molar-refractivity contribution is 9.10. The zero-order valence-electron chi connectivity index (χ0n) is 11.8. The van der Waals surface area contributed by atoms with Crippen molar-refractivity contribution in [2.75, 3.05) is 5.32 Å². The number of aryl methyl sites for hydroxylation is 1. The van der Waals surface area contributed by atoms with Crippen LogP contribution in [0.4, 0.5) is 5.69 Å². The Morgan fingerprint density at radius 3 is 2.45 bits per heavy atom. The molecule has 0 bridgehead atoms. The highest BCUT2D eigenvalue weighted by Crippen LogP contribution is 2.27. The van der Waals surface area contributed by atoms with Crippen LogP contribution in [0.3, 0.4) is 0 Å². The van der Waals surface area contributed by atoms with E-state index in [1.54, 1.807) is 6.92 Å². The molecule has 3 aromatic rings. The molecular formula is C17H13BrN2O2. The lowest BCUT2D eigenvalue weighted by atomic mass is 10.1. The van der Waals surface area contributed by atoms with Gasteiger partial charge in [-0.15, -0.1) is 0 Å². The van der Waals surface area contributed by atoms with Gasteiger partial charge in [0, 0.05) is 15.7 Å². The Kier molecular flexibility index (Phi) is 4.06. The number of aromatic nitrogens is 1. The molecule has 1 heterocycles. The van der Waals surface area contributed by atoms with Gasteiger partial charge in [-0.2, -0.15) is 0 Å². The number of nitrogens with one attached hydrogen (secondary N) is 1. The number of nitrogens with zero attached hydrogens (tertiary/aromatic N) is 1. The van der Waals surface area contributed by atoms with Gasteiger partial charge in [0.2, 0.25) is 0 Å². The maximum atomic E-state index is 12.6. The van der Waals surface area contributed by atoms with E-state index < -0.39 is 0 Å². The van der Waals surface area contributed by atoms with Crippen LogP contribution in [-0.4, -0.2) is 11.1 Å². The van der Waals surface area contributed by atoms with E-state index in [1.807, 2.05) is 54.6 Å². The standard InChI is InChI=1S/C17H13BrN2O2/c1-11-15(16(22-20-11)12-5-3-2-4-6-12)17(21)19-14-9-7-13(18)8-10-14/h2-10H,1H3,(H,19,21). The Morgan fingerprint density at radius 2 is 1.77 bits per heavy atom. The van der Waals surface area contributed by atoms with Crippen LogP contribution in [0.25, 0.3) is 11.3 Å². The lowest BCUT2D eigenvalue weighted by Gasteiger charge is -2.06. The van der Waals surface area contributed by atoms with Gasteiger partial charge in [-0.25, -0.2) is 0 Å². The van der Waals surface area contributed by atoms with Crippen molar-refractivity contribution in [1.82, 2.24) is 5.16 Å². The highest BCUT2D eigenvalue weighted by Gasteiger charge is 2.21. The topological polar surface area (TPSA) is 55.1 Å². The predicted octanol–water partition coefficient (Wildman–Crippen LogP) is 4.66. The number of benzene rings is 2. The zero-order chi connectivity index (χ0) is 15.5. The van der Waals surface area contributed by atoms with Crippen molar-refractivity contribution in [1.29, 1.82) is 0 Å². The summed E-state index contributed by atoms with van der Waals surface area (Å²) in [4.78, 5) is 12.6. The smallest absolute Gasteiger partial charge is 0.261 e. The molecule has 22 heavy (non-hydrogen) atoms. The first-order valence-corrected chi connectivity index (χ1v) is 7.53. The number of halogens is 1. The number of amides is 1. The fraction of sp³-hybridized carbons (Fsp3) is 0.0588. The number of carbonyl (C=O) groups excluding carboxylic acids is 1.